The van der Waals surface area contributed by atoms with Crippen molar-refractivity contribution in [2.24, 2.45) is 0 Å². The summed E-state index contributed by atoms with van der Waals surface area (Å²) in [5.74, 6) is 0. The van der Waals surface area contributed by atoms with Crippen LogP contribution in [0.3, 0.4) is 0 Å². The van der Waals surface area contributed by atoms with Crippen molar-refractivity contribution in [3.05, 3.63) is 29.8 Å². The van der Waals surface area contributed by atoms with Crippen LogP contribution in [0.5, 0.6) is 0 Å². The lowest BCUT2D eigenvalue weighted by atomic mass is 9.93. The normalized spacial score (nSPS) is 18.9. The summed E-state index contributed by atoms with van der Waals surface area (Å²) in [5.41, 5.74) is 1.74. The Kier molecular flexibility index (Phi) is 7.52. The van der Waals surface area contributed by atoms with Gasteiger partial charge < -0.3 is 12.4 Å². The molecule has 0 radical (unpaired) electrons. The zero-order valence-corrected chi connectivity index (χ0v) is 15.6. The summed E-state index contributed by atoms with van der Waals surface area (Å²) >= 11 is 0. The molecule has 1 aliphatic carbocycles. The van der Waals surface area contributed by atoms with E-state index in [9.17, 15) is 13.0 Å². The fourth-order valence-electron chi connectivity index (χ4n) is 3.71. The van der Waals surface area contributed by atoms with Crippen LogP contribution in [0, 0.1) is 6.92 Å². The molecular formula is C17H28ClNO3S. The monoisotopic (exact) mass is 361 g/mol. The van der Waals surface area contributed by atoms with Crippen LogP contribution >= 0.6 is 0 Å². The molecule has 0 amide bonds. The second-order valence-electron chi connectivity index (χ2n) is 6.45. The number of rotatable bonds is 6. The molecule has 1 unspecified atom stereocenters. The van der Waals surface area contributed by atoms with E-state index >= 15 is 0 Å². The summed E-state index contributed by atoms with van der Waals surface area (Å²) in [6, 6.07) is 7.57. The van der Waals surface area contributed by atoms with E-state index < -0.39 is 10.3 Å². The lowest BCUT2D eigenvalue weighted by Crippen LogP contribution is -3.00. The second kappa shape index (κ2) is 8.47. The second-order valence-corrected chi connectivity index (χ2v) is 8.00. The van der Waals surface area contributed by atoms with Gasteiger partial charge in [0, 0.05) is 25.0 Å². The lowest BCUT2D eigenvalue weighted by Gasteiger charge is -2.42. The van der Waals surface area contributed by atoms with Gasteiger partial charge in [0.05, 0.1) is 0 Å². The molecule has 0 spiro atoms. The first kappa shape index (κ1) is 20.4. The SMILES string of the molecule is CCCC[N+](c1cccc(C)c1)(C1CCCCC1)S(=O)(=O)O.[Cl-]. The fraction of sp³-hybridized carbons (Fsp3) is 0.647. The summed E-state index contributed by atoms with van der Waals surface area (Å²) in [6.45, 7) is 4.46. The van der Waals surface area contributed by atoms with Gasteiger partial charge in [0.2, 0.25) is 0 Å². The minimum atomic E-state index is -4.23. The number of quaternary nitrogens is 1. The molecule has 0 saturated heterocycles. The topological polar surface area (TPSA) is 54.4 Å². The number of benzene rings is 1. The summed E-state index contributed by atoms with van der Waals surface area (Å²) in [6.07, 6.45) is 6.65. The van der Waals surface area contributed by atoms with Gasteiger partial charge in [-0.15, -0.1) is 8.42 Å². The van der Waals surface area contributed by atoms with E-state index in [4.69, 9.17) is 0 Å². The van der Waals surface area contributed by atoms with Crippen molar-refractivity contribution in [1.29, 1.82) is 0 Å². The lowest BCUT2D eigenvalue weighted by molar-refractivity contribution is -0.00000936. The molecule has 0 bridgehead atoms. The third-order valence-corrected chi connectivity index (χ3v) is 6.37. The molecule has 1 N–H and O–H groups in total. The van der Waals surface area contributed by atoms with Crippen LogP contribution in [0.15, 0.2) is 24.3 Å². The Hall–Kier alpha value is -0.620. The van der Waals surface area contributed by atoms with Crippen LogP contribution in [0.1, 0.15) is 57.4 Å². The summed E-state index contributed by atoms with van der Waals surface area (Å²) in [4.78, 5) is 0. The standard InChI is InChI=1S/C17H27NO3S.ClH/c1-3-4-13-18(22(19,20)21,16-10-6-5-7-11-16)17-12-8-9-15(2)14-17;/h8-9,12,14,16H,3-7,10-11,13H2,1-2H3;1H. The maximum atomic E-state index is 12.5. The third kappa shape index (κ3) is 4.27. The van der Waals surface area contributed by atoms with Gasteiger partial charge in [-0.3, -0.25) is 0 Å². The molecule has 0 aliphatic heterocycles. The quantitative estimate of drug-likeness (QED) is 0.612. The Balaban J connectivity index is 0.00000264. The maximum absolute atomic E-state index is 12.5. The van der Waals surface area contributed by atoms with Gasteiger partial charge in [0.1, 0.15) is 12.6 Å². The number of unbranched alkanes of at least 4 members (excludes halogenated alkanes) is 1. The van der Waals surface area contributed by atoms with Gasteiger partial charge in [-0.1, -0.05) is 31.9 Å². The van der Waals surface area contributed by atoms with E-state index in [1.54, 1.807) is 0 Å². The summed E-state index contributed by atoms with van der Waals surface area (Å²) < 4.78 is 34.9. The van der Waals surface area contributed by atoms with Crippen LogP contribution in [0.25, 0.3) is 0 Å². The summed E-state index contributed by atoms with van der Waals surface area (Å²) in [5, 5.41) is 0. The first-order chi connectivity index (χ1) is 10.4. The molecular weight excluding hydrogens is 334 g/mol. The van der Waals surface area contributed by atoms with Gasteiger partial charge in [0.15, 0.2) is 5.69 Å². The smallest absolute Gasteiger partial charge is 0.438 e. The highest BCUT2D eigenvalue weighted by molar-refractivity contribution is 7.85. The fourth-order valence-corrected chi connectivity index (χ4v) is 5.04. The number of halogens is 1. The molecule has 0 heterocycles. The molecule has 0 aromatic heterocycles. The van der Waals surface area contributed by atoms with Crippen LogP contribution in [0.2, 0.25) is 0 Å². The van der Waals surface area contributed by atoms with E-state index in [2.05, 4.69) is 6.92 Å². The van der Waals surface area contributed by atoms with E-state index in [0.717, 1.165) is 50.5 Å². The van der Waals surface area contributed by atoms with Gasteiger partial charge in [-0.05, 0) is 31.7 Å². The first-order valence-electron chi connectivity index (χ1n) is 8.34. The number of hydrogen-bond acceptors (Lipinski definition) is 2. The van der Waals surface area contributed by atoms with Crippen LogP contribution < -0.4 is 16.3 Å². The Bertz CT molecular complexity index is 600. The van der Waals surface area contributed by atoms with Crippen molar-refractivity contribution < 1.29 is 25.4 Å². The summed E-state index contributed by atoms with van der Waals surface area (Å²) in [7, 11) is -4.23. The molecule has 1 fully saturated rings. The van der Waals surface area contributed by atoms with Crippen molar-refractivity contribution in [3.63, 3.8) is 0 Å². The Morgan fingerprint density at radius 2 is 1.87 bits per heavy atom. The third-order valence-electron chi connectivity index (χ3n) is 4.86. The number of hydrogen-bond donors (Lipinski definition) is 1. The molecule has 6 heteroatoms. The van der Waals surface area contributed by atoms with Gasteiger partial charge >= 0.3 is 10.3 Å². The van der Waals surface area contributed by atoms with Gasteiger partial charge in [0.25, 0.3) is 0 Å². The highest BCUT2D eigenvalue weighted by atomic mass is 35.5. The minimum absolute atomic E-state index is 0. The maximum Gasteiger partial charge on any atom is 0.438 e. The van der Waals surface area contributed by atoms with Crippen molar-refractivity contribution in [1.82, 2.24) is 3.89 Å². The number of nitrogens with zero attached hydrogens (tertiary/aromatic N) is 1. The highest BCUT2D eigenvalue weighted by Gasteiger charge is 2.49. The number of aryl methyl sites for hydroxylation is 1. The highest BCUT2D eigenvalue weighted by Crippen LogP contribution is 2.38. The Morgan fingerprint density at radius 3 is 2.39 bits per heavy atom. The average molecular weight is 362 g/mol. The molecule has 132 valence electrons. The zero-order valence-electron chi connectivity index (χ0n) is 14.0. The van der Waals surface area contributed by atoms with Crippen LogP contribution in [-0.2, 0) is 10.3 Å². The first-order valence-corrected chi connectivity index (χ1v) is 9.74. The van der Waals surface area contributed by atoms with Crippen LogP contribution in [-0.4, -0.2) is 25.6 Å². The van der Waals surface area contributed by atoms with E-state index in [1.165, 1.54) is 0 Å². The molecule has 1 saturated carbocycles. The predicted octanol–water partition coefficient (Wildman–Crippen LogP) is 1.24. The molecule has 1 atom stereocenters. The Morgan fingerprint density at radius 1 is 1.22 bits per heavy atom. The molecule has 1 aromatic rings. The molecule has 23 heavy (non-hydrogen) atoms. The predicted molar refractivity (Wildman–Crippen MR) is 91.2 cm³/mol. The van der Waals surface area contributed by atoms with E-state index in [1.807, 2.05) is 31.2 Å². The van der Waals surface area contributed by atoms with Crippen LogP contribution in [0.4, 0.5) is 5.69 Å². The Labute approximate surface area is 146 Å². The van der Waals surface area contributed by atoms with Gasteiger partial charge in [-0.25, -0.2) is 4.55 Å². The van der Waals surface area contributed by atoms with Crippen molar-refractivity contribution in [2.75, 3.05) is 6.54 Å². The van der Waals surface area contributed by atoms with Crippen molar-refractivity contribution in [3.8, 4) is 0 Å². The van der Waals surface area contributed by atoms with Crippen molar-refractivity contribution in [2.45, 2.75) is 64.8 Å². The van der Waals surface area contributed by atoms with E-state index in [0.29, 0.717) is 12.2 Å². The largest absolute Gasteiger partial charge is 1.00 e. The molecule has 4 nitrogen and oxygen atoms in total. The molecule has 1 aromatic carbocycles. The zero-order chi connectivity index (χ0) is 16.2. The minimum Gasteiger partial charge on any atom is -1.00 e. The van der Waals surface area contributed by atoms with Crippen molar-refractivity contribution >= 4 is 16.0 Å². The van der Waals surface area contributed by atoms with Gasteiger partial charge in [-0.2, -0.15) is 3.89 Å². The molecule has 2 rings (SSSR count). The average Bonchev–Trinajstić information content (AvgIpc) is 2.48. The van der Waals surface area contributed by atoms with E-state index in [-0.39, 0.29) is 22.3 Å². The molecule has 1 aliphatic rings.